The first kappa shape index (κ1) is 10.6. The summed E-state index contributed by atoms with van der Waals surface area (Å²) >= 11 is 0. The van der Waals surface area contributed by atoms with E-state index in [9.17, 15) is 4.79 Å². The third kappa shape index (κ3) is 1.57. The number of hydrogen-bond acceptors (Lipinski definition) is 3. The predicted octanol–water partition coefficient (Wildman–Crippen LogP) is 1.70. The zero-order valence-corrected chi connectivity index (χ0v) is 9.75. The Hall–Kier alpha value is -2.56. The lowest BCUT2D eigenvalue weighted by atomic mass is 10.1. The van der Waals surface area contributed by atoms with Gasteiger partial charge in [0.25, 0.3) is 5.56 Å². The standard InChI is InChI=1S/C13H11N3O2/c1-18-11-5-3-2-4-9(11)10-8-13(17)16-12(15-10)6-7-14-16/h2-8,15H,1H3. The molecular weight excluding hydrogens is 230 g/mol. The number of ether oxygens (including phenoxy) is 1. The summed E-state index contributed by atoms with van der Waals surface area (Å²) < 4.78 is 6.61. The highest BCUT2D eigenvalue weighted by atomic mass is 16.5. The van der Waals surface area contributed by atoms with Crippen molar-refractivity contribution in [3.63, 3.8) is 0 Å². The molecule has 5 heteroatoms. The van der Waals surface area contributed by atoms with Crippen molar-refractivity contribution >= 4 is 5.65 Å². The van der Waals surface area contributed by atoms with E-state index in [1.165, 1.54) is 10.6 Å². The van der Waals surface area contributed by atoms with E-state index in [0.717, 1.165) is 11.3 Å². The number of nitrogens with zero attached hydrogens (tertiary/aromatic N) is 2. The lowest BCUT2D eigenvalue weighted by Crippen LogP contribution is -2.14. The third-order valence-corrected chi connectivity index (χ3v) is 2.78. The van der Waals surface area contributed by atoms with Gasteiger partial charge in [0.15, 0.2) is 0 Å². The number of aromatic nitrogens is 3. The molecule has 0 spiro atoms. The van der Waals surface area contributed by atoms with Crippen LogP contribution in [-0.2, 0) is 0 Å². The molecule has 0 aliphatic rings. The molecule has 0 bridgehead atoms. The van der Waals surface area contributed by atoms with E-state index in [-0.39, 0.29) is 5.56 Å². The first-order valence-electron chi connectivity index (χ1n) is 5.50. The van der Waals surface area contributed by atoms with Crippen LogP contribution in [0.15, 0.2) is 47.4 Å². The molecule has 3 rings (SSSR count). The molecule has 0 radical (unpaired) electrons. The SMILES string of the molecule is COc1ccccc1-c1cc(=O)n2nccc2[nH]1. The summed E-state index contributed by atoms with van der Waals surface area (Å²) in [4.78, 5) is 15.0. The molecule has 0 aliphatic heterocycles. The minimum absolute atomic E-state index is 0.172. The number of H-pyrrole nitrogens is 1. The van der Waals surface area contributed by atoms with Gasteiger partial charge in [0, 0.05) is 17.7 Å². The Morgan fingerprint density at radius 2 is 2.11 bits per heavy atom. The van der Waals surface area contributed by atoms with Gasteiger partial charge in [0.2, 0.25) is 0 Å². The Labute approximate surface area is 103 Å². The molecule has 5 nitrogen and oxygen atoms in total. The average molecular weight is 241 g/mol. The van der Waals surface area contributed by atoms with Gasteiger partial charge in [-0.3, -0.25) is 4.79 Å². The number of nitrogens with one attached hydrogen (secondary N) is 1. The van der Waals surface area contributed by atoms with Crippen molar-refractivity contribution in [2.24, 2.45) is 0 Å². The maximum atomic E-state index is 11.9. The molecule has 0 amide bonds. The fourth-order valence-electron chi connectivity index (χ4n) is 1.94. The summed E-state index contributed by atoms with van der Waals surface area (Å²) in [5, 5.41) is 3.94. The molecule has 3 aromatic rings. The van der Waals surface area contributed by atoms with Gasteiger partial charge in [0.1, 0.15) is 11.4 Å². The number of aromatic amines is 1. The minimum Gasteiger partial charge on any atom is -0.496 e. The van der Waals surface area contributed by atoms with Gasteiger partial charge in [-0.1, -0.05) is 12.1 Å². The van der Waals surface area contributed by atoms with Gasteiger partial charge < -0.3 is 9.72 Å². The second-order valence-electron chi connectivity index (χ2n) is 3.85. The molecule has 2 heterocycles. The third-order valence-electron chi connectivity index (χ3n) is 2.78. The van der Waals surface area contributed by atoms with Crippen LogP contribution in [-0.4, -0.2) is 21.7 Å². The average Bonchev–Trinajstić information content (AvgIpc) is 2.87. The van der Waals surface area contributed by atoms with Gasteiger partial charge in [-0.05, 0) is 12.1 Å². The molecule has 90 valence electrons. The van der Waals surface area contributed by atoms with Gasteiger partial charge in [0.05, 0.1) is 19.0 Å². The van der Waals surface area contributed by atoms with Crippen molar-refractivity contribution < 1.29 is 4.74 Å². The highest BCUT2D eigenvalue weighted by Crippen LogP contribution is 2.27. The molecule has 18 heavy (non-hydrogen) atoms. The van der Waals surface area contributed by atoms with E-state index < -0.39 is 0 Å². The Kier molecular flexibility index (Phi) is 2.37. The largest absolute Gasteiger partial charge is 0.496 e. The first-order valence-corrected chi connectivity index (χ1v) is 5.50. The van der Waals surface area contributed by atoms with Crippen LogP contribution in [0, 0.1) is 0 Å². The van der Waals surface area contributed by atoms with E-state index in [1.54, 1.807) is 19.4 Å². The van der Waals surface area contributed by atoms with Crippen LogP contribution in [0.25, 0.3) is 16.9 Å². The van der Waals surface area contributed by atoms with Crippen LogP contribution >= 0.6 is 0 Å². The van der Waals surface area contributed by atoms with Crippen LogP contribution in [0.4, 0.5) is 0 Å². The molecule has 0 fully saturated rings. The quantitative estimate of drug-likeness (QED) is 0.742. The fourth-order valence-corrected chi connectivity index (χ4v) is 1.94. The van der Waals surface area contributed by atoms with Crippen molar-refractivity contribution in [3.8, 4) is 17.0 Å². The fraction of sp³-hybridized carbons (Fsp3) is 0.0769. The highest BCUT2D eigenvalue weighted by molar-refractivity contribution is 5.68. The molecule has 0 unspecified atom stereocenters. The molecule has 0 saturated heterocycles. The van der Waals surface area contributed by atoms with Crippen molar-refractivity contribution in [2.75, 3.05) is 7.11 Å². The number of hydrogen-bond donors (Lipinski definition) is 1. The van der Waals surface area contributed by atoms with Crippen molar-refractivity contribution in [2.45, 2.75) is 0 Å². The maximum absolute atomic E-state index is 11.9. The number of methoxy groups -OCH3 is 1. The van der Waals surface area contributed by atoms with E-state index in [0.29, 0.717) is 11.3 Å². The molecule has 1 aromatic carbocycles. The van der Waals surface area contributed by atoms with Crippen LogP contribution in [0.3, 0.4) is 0 Å². The Bertz CT molecular complexity index is 758. The molecule has 1 N–H and O–H groups in total. The first-order chi connectivity index (χ1) is 8.79. The number of benzene rings is 1. The molecule has 0 atom stereocenters. The summed E-state index contributed by atoms with van der Waals surface area (Å²) in [6, 6.07) is 10.8. The predicted molar refractivity (Wildman–Crippen MR) is 67.8 cm³/mol. The summed E-state index contributed by atoms with van der Waals surface area (Å²) in [6.07, 6.45) is 1.58. The molecule has 2 aromatic heterocycles. The van der Waals surface area contributed by atoms with Crippen LogP contribution in [0.2, 0.25) is 0 Å². The van der Waals surface area contributed by atoms with Gasteiger partial charge in [-0.2, -0.15) is 9.61 Å². The lowest BCUT2D eigenvalue weighted by molar-refractivity contribution is 0.416. The van der Waals surface area contributed by atoms with Crippen LogP contribution < -0.4 is 10.3 Å². The lowest BCUT2D eigenvalue weighted by Gasteiger charge is -2.08. The molecule has 0 saturated carbocycles. The minimum atomic E-state index is -0.172. The summed E-state index contributed by atoms with van der Waals surface area (Å²) in [6.45, 7) is 0. The van der Waals surface area contributed by atoms with E-state index >= 15 is 0 Å². The highest BCUT2D eigenvalue weighted by Gasteiger charge is 2.08. The second kappa shape index (κ2) is 4.03. The summed E-state index contributed by atoms with van der Waals surface area (Å²) in [5.41, 5.74) is 2.05. The molecular formula is C13H11N3O2. The van der Waals surface area contributed by atoms with E-state index in [4.69, 9.17) is 4.74 Å². The zero-order valence-electron chi connectivity index (χ0n) is 9.75. The monoisotopic (exact) mass is 241 g/mol. The Morgan fingerprint density at radius 3 is 2.94 bits per heavy atom. The maximum Gasteiger partial charge on any atom is 0.274 e. The van der Waals surface area contributed by atoms with E-state index in [1.807, 2.05) is 24.3 Å². The van der Waals surface area contributed by atoms with Gasteiger partial charge in [-0.15, -0.1) is 0 Å². The van der Waals surface area contributed by atoms with E-state index in [2.05, 4.69) is 10.1 Å². The summed E-state index contributed by atoms with van der Waals surface area (Å²) in [5.74, 6) is 0.719. The normalized spacial score (nSPS) is 10.7. The smallest absolute Gasteiger partial charge is 0.274 e. The Balaban J connectivity index is 2.28. The van der Waals surface area contributed by atoms with Crippen molar-refractivity contribution in [1.82, 2.24) is 14.6 Å². The van der Waals surface area contributed by atoms with Crippen LogP contribution in [0.5, 0.6) is 5.75 Å². The number of rotatable bonds is 2. The van der Waals surface area contributed by atoms with Crippen molar-refractivity contribution in [3.05, 3.63) is 52.9 Å². The number of para-hydroxylation sites is 1. The van der Waals surface area contributed by atoms with Crippen molar-refractivity contribution in [1.29, 1.82) is 0 Å². The second-order valence-corrected chi connectivity index (χ2v) is 3.85. The Morgan fingerprint density at radius 1 is 1.28 bits per heavy atom. The van der Waals surface area contributed by atoms with Crippen LogP contribution in [0.1, 0.15) is 0 Å². The summed E-state index contributed by atoms with van der Waals surface area (Å²) in [7, 11) is 1.61. The topological polar surface area (TPSA) is 59.4 Å². The molecule has 0 aliphatic carbocycles. The van der Waals surface area contributed by atoms with Gasteiger partial charge >= 0.3 is 0 Å². The van der Waals surface area contributed by atoms with Gasteiger partial charge in [-0.25, -0.2) is 0 Å². The zero-order chi connectivity index (χ0) is 12.5. The number of fused-ring (bicyclic) bond motifs is 1.